The molecule has 6 saturated carbocycles. The van der Waals surface area contributed by atoms with Crippen LogP contribution in [0.2, 0.25) is 0 Å². The summed E-state index contributed by atoms with van der Waals surface area (Å²) in [6.45, 7) is 16.2. The maximum atomic E-state index is 15.5. The van der Waals surface area contributed by atoms with Gasteiger partial charge in [-0.05, 0) is 159 Å². The molecule has 9 rings (SSSR count). The number of fused-ring (bicyclic) bond motifs is 7. The van der Waals surface area contributed by atoms with E-state index in [-0.39, 0.29) is 39.2 Å². The molecular weight excluding hydrogens is 604 g/mol. The number of hydrogen-bond acceptors (Lipinski definition) is 4. The molecule has 11 atom stereocenters. The minimum atomic E-state index is -0.235. The summed E-state index contributed by atoms with van der Waals surface area (Å²) >= 11 is 0. The van der Waals surface area contributed by atoms with Gasteiger partial charge in [0.15, 0.2) is 0 Å². The molecule has 1 amide bonds. The van der Waals surface area contributed by atoms with E-state index < -0.39 is 0 Å². The quantitative estimate of drug-likeness (QED) is 0.341. The molecule has 6 heteroatoms. The first-order chi connectivity index (χ1) is 23.3. The summed E-state index contributed by atoms with van der Waals surface area (Å²) in [6, 6.07) is 6.01. The van der Waals surface area contributed by atoms with Crippen LogP contribution in [-0.2, 0) is 4.79 Å². The number of likely N-dealkylation sites (tertiary alicyclic amines) is 1. The number of hydrogen-bond donors (Lipinski definition) is 2. The van der Waals surface area contributed by atoms with Crippen molar-refractivity contribution in [3.63, 3.8) is 0 Å². The third-order valence-corrected chi connectivity index (χ3v) is 18.1. The lowest BCUT2D eigenvalue weighted by Gasteiger charge is -2.73. The van der Waals surface area contributed by atoms with Gasteiger partial charge in [-0.25, -0.2) is 4.98 Å². The molecule has 3 heterocycles. The van der Waals surface area contributed by atoms with Gasteiger partial charge in [0.05, 0.1) is 35.1 Å². The van der Waals surface area contributed by atoms with Crippen LogP contribution in [0, 0.1) is 62.1 Å². The van der Waals surface area contributed by atoms with Crippen LogP contribution >= 0.6 is 0 Å². The average molecular weight is 667 g/mol. The van der Waals surface area contributed by atoms with Crippen LogP contribution < -0.4 is 0 Å². The Morgan fingerprint density at radius 2 is 1.63 bits per heavy atom. The molecule has 2 aromatic heterocycles. The first-order valence-corrected chi connectivity index (χ1v) is 20.2. The highest BCUT2D eigenvalue weighted by molar-refractivity contribution is 5.84. The first kappa shape index (κ1) is 32.7. The number of rotatable bonds is 4. The monoisotopic (exact) mass is 666 g/mol. The van der Waals surface area contributed by atoms with Crippen LogP contribution in [0.25, 0.3) is 11.4 Å². The number of pyridine rings is 1. The smallest absolute Gasteiger partial charge is 0.229 e. The molecule has 0 bridgehead atoms. The number of amides is 1. The van der Waals surface area contributed by atoms with Crippen LogP contribution in [0.5, 0.6) is 0 Å². The number of aliphatic hydroxyl groups excluding tert-OH is 1. The van der Waals surface area contributed by atoms with E-state index in [9.17, 15) is 5.11 Å². The van der Waals surface area contributed by atoms with Crippen molar-refractivity contribution in [1.82, 2.24) is 19.9 Å². The lowest BCUT2D eigenvalue weighted by atomic mass is 9.32. The molecule has 1 aliphatic heterocycles. The van der Waals surface area contributed by atoms with Gasteiger partial charge in [-0.2, -0.15) is 0 Å². The molecule has 0 unspecified atom stereocenters. The van der Waals surface area contributed by atoms with Gasteiger partial charge < -0.3 is 15.0 Å². The van der Waals surface area contributed by atoms with E-state index >= 15 is 4.79 Å². The zero-order valence-corrected chi connectivity index (χ0v) is 31.2. The number of carbonyl (C=O) groups is 1. The van der Waals surface area contributed by atoms with Crippen LogP contribution in [0.3, 0.4) is 0 Å². The van der Waals surface area contributed by atoms with Crippen LogP contribution in [0.4, 0.5) is 0 Å². The standard InChI is InChI=1S/C43H62N4O2/c1-38(2)32-15-18-42(6)33(40(32,4)17-16-34(38)48)13-12-28-35-27(39(3)20-21-39)14-19-43(35,23-22-41(28,42)5)37(49)47-25-9-11-31(47)36-45-26-30(46-36)29-10-7-8-24-44-29/h7-8,10,24,26-28,31-35,48H,9,11-23,25H2,1-6H3,(H,45,46)/t27-,28-,31+,32+,33-,34+,35-,40+,41-,42-,43+/m1/s1. The molecule has 2 aromatic rings. The Labute approximate surface area is 295 Å². The Morgan fingerprint density at radius 3 is 2.39 bits per heavy atom. The molecule has 49 heavy (non-hydrogen) atoms. The number of aliphatic hydroxyl groups is 1. The zero-order chi connectivity index (χ0) is 34.2. The predicted molar refractivity (Wildman–Crippen MR) is 193 cm³/mol. The molecule has 1 saturated heterocycles. The largest absolute Gasteiger partial charge is 0.393 e. The van der Waals surface area contributed by atoms with Gasteiger partial charge in [0.1, 0.15) is 5.82 Å². The molecule has 266 valence electrons. The average Bonchev–Trinajstić information content (AvgIpc) is 3.48. The summed E-state index contributed by atoms with van der Waals surface area (Å²) in [4.78, 5) is 30.8. The molecule has 0 spiro atoms. The van der Waals surface area contributed by atoms with E-state index in [2.05, 4.69) is 56.4 Å². The number of H-pyrrole nitrogens is 1. The molecule has 6 aliphatic carbocycles. The molecule has 0 radical (unpaired) electrons. The van der Waals surface area contributed by atoms with Gasteiger partial charge in [0.2, 0.25) is 5.91 Å². The second-order valence-electron chi connectivity index (χ2n) is 20.1. The second kappa shape index (κ2) is 10.7. The third kappa shape index (κ3) is 4.31. The lowest BCUT2D eigenvalue weighted by Crippen LogP contribution is -2.67. The molecule has 0 aromatic carbocycles. The van der Waals surface area contributed by atoms with Crippen LogP contribution in [-0.4, -0.2) is 43.5 Å². The van der Waals surface area contributed by atoms with Crippen molar-refractivity contribution in [3.05, 3.63) is 36.4 Å². The third-order valence-electron chi connectivity index (χ3n) is 18.1. The maximum absolute atomic E-state index is 15.5. The van der Waals surface area contributed by atoms with Gasteiger partial charge in [0.25, 0.3) is 0 Å². The van der Waals surface area contributed by atoms with Gasteiger partial charge >= 0.3 is 0 Å². The highest BCUT2D eigenvalue weighted by atomic mass is 16.3. The van der Waals surface area contributed by atoms with Crippen molar-refractivity contribution in [1.29, 1.82) is 0 Å². The SMILES string of the molecule is CC1([C@@H]2CC[C@]3(C(=O)N4CCC[C@H]4c4ncc(-c5ccccn5)[nH]4)CC[C@]4(C)[C@H](CC[C@@H]5[C@@]6(C)CC[C@H](O)C(C)(C)[C@@H]6CC[C@]54C)[C@@H]23)CC1. The Bertz CT molecular complexity index is 1610. The summed E-state index contributed by atoms with van der Waals surface area (Å²) in [5, 5.41) is 11.2. The van der Waals surface area contributed by atoms with Crippen molar-refractivity contribution < 1.29 is 9.90 Å². The number of carbonyl (C=O) groups excluding carboxylic acids is 1. The Kier molecular flexibility index (Phi) is 7.12. The molecule has 7 fully saturated rings. The molecule has 6 nitrogen and oxygen atoms in total. The van der Waals surface area contributed by atoms with Crippen LogP contribution in [0.1, 0.15) is 143 Å². The van der Waals surface area contributed by atoms with Gasteiger partial charge in [0, 0.05) is 12.7 Å². The second-order valence-corrected chi connectivity index (χ2v) is 20.1. The highest BCUT2D eigenvalue weighted by Crippen LogP contribution is 2.79. The van der Waals surface area contributed by atoms with Crippen LogP contribution in [0.15, 0.2) is 30.6 Å². The van der Waals surface area contributed by atoms with E-state index in [1.165, 1.54) is 57.8 Å². The number of aromatic nitrogens is 3. The normalized spacial score (nSPS) is 46.3. The minimum absolute atomic E-state index is 0.0179. The fraction of sp³-hybridized carbons (Fsp3) is 0.791. The number of aromatic amines is 1. The van der Waals surface area contributed by atoms with Crippen molar-refractivity contribution in [2.75, 3.05) is 6.54 Å². The fourth-order valence-corrected chi connectivity index (χ4v) is 15.0. The summed E-state index contributed by atoms with van der Waals surface area (Å²) < 4.78 is 0. The van der Waals surface area contributed by atoms with Gasteiger partial charge in [-0.1, -0.05) is 47.6 Å². The summed E-state index contributed by atoms with van der Waals surface area (Å²) in [6.07, 6.45) is 20.0. The van der Waals surface area contributed by atoms with E-state index in [1.807, 2.05) is 30.6 Å². The predicted octanol–water partition coefficient (Wildman–Crippen LogP) is 9.38. The lowest BCUT2D eigenvalue weighted by molar-refractivity contribution is -0.249. The zero-order valence-electron chi connectivity index (χ0n) is 31.2. The molecule has 7 aliphatic rings. The first-order valence-electron chi connectivity index (χ1n) is 20.2. The molecular formula is C43H62N4O2. The Hall–Kier alpha value is -2.21. The number of nitrogens with zero attached hydrogens (tertiary/aromatic N) is 3. The van der Waals surface area contributed by atoms with Crippen molar-refractivity contribution in [2.45, 2.75) is 144 Å². The maximum Gasteiger partial charge on any atom is 0.229 e. The van der Waals surface area contributed by atoms with Crippen molar-refractivity contribution in [3.8, 4) is 11.4 Å². The van der Waals surface area contributed by atoms with Crippen molar-refractivity contribution in [2.24, 2.45) is 62.1 Å². The van der Waals surface area contributed by atoms with E-state index in [1.54, 1.807) is 0 Å². The van der Waals surface area contributed by atoms with Gasteiger partial charge in [-0.15, -0.1) is 0 Å². The molecule has 2 N–H and O–H groups in total. The summed E-state index contributed by atoms with van der Waals surface area (Å²) in [5.41, 5.74) is 2.81. The minimum Gasteiger partial charge on any atom is -0.393 e. The summed E-state index contributed by atoms with van der Waals surface area (Å²) in [5.74, 6) is 4.44. The topological polar surface area (TPSA) is 82.1 Å². The Morgan fingerprint density at radius 1 is 0.816 bits per heavy atom. The highest BCUT2D eigenvalue weighted by Gasteiger charge is 2.73. The van der Waals surface area contributed by atoms with E-state index in [0.717, 1.165) is 55.9 Å². The summed E-state index contributed by atoms with van der Waals surface area (Å²) in [7, 11) is 0. The van der Waals surface area contributed by atoms with Crippen molar-refractivity contribution >= 4 is 5.91 Å². The van der Waals surface area contributed by atoms with E-state index in [4.69, 9.17) is 4.98 Å². The fourth-order valence-electron chi connectivity index (χ4n) is 15.0. The Balaban J connectivity index is 1.06. The van der Waals surface area contributed by atoms with Gasteiger partial charge in [-0.3, -0.25) is 9.78 Å². The van der Waals surface area contributed by atoms with E-state index in [0.29, 0.717) is 40.9 Å². The number of imidazole rings is 1. The number of nitrogens with one attached hydrogen (secondary N) is 1.